The second-order valence-electron chi connectivity index (χ2n) is 7.03. The zero-order chi connectivity index (χ0) is 23.6. The highest BCUT2D eigenvalue weighted by atomic mass is 16.5. The number of nitrogens with one attached hydrogen (secondary N) is 1. The number of benzene rings is 2. The zero-order valence-corrected chi connectivity index (χ0v) is 17.6. The molecule has 0 spiro atoms. The van der Waals surface area contributed by atoms with Gasteiger partial charge in [0.25, 0.3) is 0 Å². The summed E-state index contributed by atoms with van der Waals surface area (Å²) in [4.78, 5) is 0. The van der Waals surface area contributed by atoms with Crippen LogP contribution in [0.2, 0.25) is 0 Å². The van der Waals surface area contributed by atoms with E-state index in [0.717, 1.165) is 11.1 Å². The summed E-state index contributed by atoms with van der Waals surface area (Å²) < 4.78 is 5.72. The molecule has 3 rings (SSSR count). The number of allylic oxidation sites excluding steroid dienone is 2. The number of phenolic OH excluding ortho intramolecular Hbond substituents is 2. The Kier molecular flexibility index (Phi) is 8.62. The number of hydrogen-bond donors (Lipinski definition) is 4. The fraction of sp³-hybridized carbons (Fsp3) is 0.167. The van der Waals surface area contributed by atoms with Gasteiger partial charge in [-0.05, 0) is 41.5 Å². The fourth-order valence-corrected chi connectivity index (χ4v) is 3.01. The number of hydroxylamine groups is 1. The van der Waals surface area contributed by atoms with Gasteiger partial charge in [0, 0.05) is 6.42 Å². The van der Waals surface area contributed by atoms with Crippen molar-refractivity contribution < 1.29 is 30.0 Å². The maximum atomic E-state index is 12.3. The van der Waals surface area contributed by atoms with Gasteiger partial charge >= 0.3 is 0 Å². The summed E-state index contributed by atoms with van der Waals surface area (Å²) >= 11 is 0. The second-order valence-corrected chi connectivity index (χ2v) is 7.03. The van der Waals surface area contributed by atoms with Crippen LogP contribution in [-0.4, -0.2) is 52.2 Å². The molecule has 8 heteroatoms. The first-order chi connectivity index (χ1) is 15.3. The predicted molar refractivity (Wildman–Crippen MR) is 125 cm³/mol. The summed E-state index contributed by atoms with van der Waals surface area (Å²) in [6.07, 6.45) is 12.2. The van der Waals surface area contributed by atoms with Gasteiger partial charge in [-0.3, -0.25) is 0 Å². The largest absolute Gasteiger partial charge is 0.626 e. The van der Waals surface area contributed by atoms with Crippen molar-refractivity contribution in [2.24, 2.45) is 0 Å². The van der Waals surface area contributed by atoms with E-state index in [1.165, 1.54) is 24.5 Å². The maximum Gasteiger partial charge on any atom is 0.185 e. The number of nitrogens with zero attached hydrogens (tertiary/aromatic N) is 1. The summed E-state index contributed by atoms with van der Waals surface area (Å²) in [5.74, 6) is 0.408. The third kappa shape index (κ3) is 7.03. The van der Waals surface area contributed by atoms with Crippen LogP contribution in [0.3, 0.4) is 0 Å². The van der Waals surface area contributed by atoms with Crippen molar-refractivity contribution >= 4 is 25.1 Å². The van der Waals surface area contributed by atoms with Gasteiger partial charge in [-0.1, -0.05) is 42.5 Å². The lowest BCUT2D eigenvalue weighted by atomic mass is 9.95. The first kappa shape index (κ1) is 24.2. The summed E-state index contributed by atoms with van der Waals surface area (Å²) in [7, 11) is 1.48. The standard InChI is InChI=1S/C23H23NO5.CH3NO/c1-29-22-14-18(8-10-21(22)26)6-5-17-7-9-20(25)19(13-17)15-24(28)16-23(27)11-3-2-4-12-23;1-2-3/h2-11,13-15,25-27H,12,16H2,1H3;2H,1H2. The fourth-order valence-electron chi connectivity index (χ4n) is 3.01. The molecule has 8 nitrogen and oxygen atoms in total. The highest BCUT2D eigenvalue weighted by Gasteiger charge is 2.27. The lowest BCUT2D eigenvalue weighted by molar-refractivity contribution is -0.471. The minimum Gasteiger partial charge on any atom is -0.626 e. The Bertz CT molecular complexity index is 1060. The molecule has 0 saturated heterocycles. The van der Waals surface area contributed by atoms with E-state index < -0.39 is 5.60 Å². The van der Waals surface area contributed by atoms with Crippen molar-refractivity contribution in [1.29, 1.82) is 0 Å². The molecule has 0 bridgehead atoms. The quantitative estimate of drug-likeness (QED) is 0.178. The van der Waals surface area contributed by atoms with Crippen molar-refractivity contribution in [2.75, 3.05) is 13.7 Å². The minimum absolute atomic E-state index is 0.0274. The van der Waals surface area contributed by atoms with Gasteiger partial charge in [-0.2, -0.15) is 0 Å². The van der Waals surface area contributed by atoms with Gasteiger partial charge in [0.1, 0.15) is 18.1 Å². The molecule has 2 aromatic rings. The monoisotopic (exact) mass is 438 g/mol. The van der Waals surface area contributed by atoms with Gasteiger partial charge in [0.05, 0.1) is 12.7 Å². The highest BCUT2D eigenvalue weighted by molar-refractivity contribution is 5.82. The lowest BCUT2D eigenvalue weighted by Crippen LogP contribution is -2.56. The van der Waals surface area contributed by atoms with Gasteiger partial charge in [0.2, 0.25) is 0 Å². The second kappa shape index (κ2) is 11.4. The molecule has 4 N–H and O–H groups in total. The van der Waals surface area contributed by atoms with Crippen LogP contribution in [0.4, 0.5) is 0 Å². The molecule has 2 aromatic carbocycles. The summed E-state index contributed by atoms with van der Waals surface area (Å²) in [5.41, 5.74) is 0.721. The van der Waals surface area contributed by atoms with Gasteiger partial charge in [-0.25, -0.2) is 9.89 Å². The van der Waals surface area contributed by atoms with Gasteiger partial charge in [-0.15, -0.1) is 0 Å². The molecule has 1 atom stereocenters. The first-order valence-corrected chi connectivity index (χ1v) is 9.68. The number of aromatic hydroxyl groups is 2. The average Bonchev–Trinajstić information content (AvgIpc) is 2.76. The molecule has 0 aliphatic heterocycles. The van der Waals surface area contributed by atoms with Crippen LogP contribution in [0.15, 0.2) is 60.7 Å². The molecule has 32 heavy (non-hydrogen) atoms. The number of rotatable bonds is 6. The van der Waals surface area contributed by atoms with E-state index in [9.17, 15) is 20.5 Å². The van der Waals surface area contributed by atoms with Crippen LogP contribution in [0.5, 0.6) is 17.2 Å². The third-order valence-electron chi connectivity index (χ3n) is 4.56. The molecule has 0 amide bonds. The predicted octanol–water partition coefficient (Wildman–Crippen LogP) is 1.72. The van der Waals surface area contributed by atoms with Crippen LogP contribution in [0.25, 0.3) is 12.2 Å². The normalized spacial score (nSPS) is 17.6. The van der Waals surface area contributed by atoms with Crippen molar-refractivity contribution in [3.05, 3.63) is 87.8 Å². The Labute approximate surface area is 186 Å². The number of phenols is 2. The van der Waals surface area contributed by atoms with Crippen molar-refractivity contribution in [3.8, 4) is 17.2 Å². The molecule has 1 aliphatic carbocycles. The Balaban J connectivity index is 0.00000114. The van der Waals surface area contributed by atoms with Crippen LogP contribution >= 0.6 is 0 Å². The molecular formula is C24H26N2O6. The highest BCUT2D eigenvalue weighted by Crippen LogP contribution is 2.27. The molecule has 1 aliphatic rings. The van der Waals surface area contributed by atoms with E-state index in [-0.39, 0.29) is 18.0 Å². The molecule has 1 unspecified atom stereocenters. The molecule has 0 heterocycles. The summed E-state index contributed by atoms with van der Waals surface area (Å²) in [5, 5.41) is 52.3. The number of ether oxygens (including phenoxy) is 1. The Hall–Kier alpha value is -4.04. The van der Waals surface area contributed by atoms with E-state index in [4.69, 9.17) is 9.94 Å². The number of methoxy groups -OCH3 is 1. The zero-order valence-electron chi connectivity index (χ0n) is 17.6. The molecule has 0 radical (unpaired) electrons. The summed E-state index contributed by atoms with van der Waals surface area (Å²) in [6, 6.07) is 9.89. The van der Waals surface area contributed by atoms with E-state index in [2.05, 4.69) is 6.72 Å². The SMILES string of the molecule is C=[NH+][O-].COc1cc(C=Cc2ccc(O)c(C=[N+]([O-])CC3(O)C=CC=CC3)c2)ccc1O. The summed E-state index contributed by atoms with van der Waals surface area (Å²) in [6.45, 7) is 2.54. The third-order valence-corrected chi connectivity index (χ3v) is 4.56. The van der Waals surface area contributed by atoms with E-state index in [1.807, 2.05) is 18.2 Å². The van der Waals surface area contributed by atoms with Crippen LogP contribution < -0.4 is 9.89 Å². The first-order valence-electron chi connectivity index (χ1n) is 9.68. The van der Waals surface area contributed by atoms with Crippen LogP contribution in [-0.2, 0) is 0 Å². The molecule has 0 aromatic heterocycles. The minimum atomic E-state index is -1.22. The Morgan fingerprint density at radius 2 is 1.75 bits per heavy atom. The smallest absolute Gasteiger partial charge is 0.185 e. The molecular weight excluding hydrogens is 412 g/mol. The lowest BCUT2D eigenvalue weighted by Gasteiger charge is -2.23. The average molecular weight is 438 g/mol. The van der Waals surface area contributed by atoms with Crippen molar-refractivity contribution in [1.82, 2.24) is 0 Å². The van der Waals surface area contributed by atoms with Crippen molar-refractivity contribution in [3.63, 3.8) is 0 Å². The number of aliphatic hydroxyl groups is 1. The van der Waals surface area contributed by atoms with E-state index >= 15 is 0 Å². The molecule has 0 saturated carbocycles. The van der Waals surface area contributed by atoms with E-state index in [0.29, 0.717) is 22.5 Å². The molecule has 168 valence electrons. The van der Waals surface area contributed by atoms with Crippen molar-refractivity contribution in [2.45, 2.75) is 12.0 Å². The van der Waals surface area contributed by atoms with E-state index in [1.54, 1.807) is 48.6 Å². The topological polar surface area (TPSA) is 133 Å². The van der Waals surface area contributed by atoms with Gasteiger partial charge in [0.15, 0.2) is 24.3 Å². The van der Waals surface area contributed by atoms with Crippen LogP contribution in [0, 0.1) is 10.4 Å². The maximum absolute atomic E-state index is 12.3. The Morgan fingerprint density at radius 3 is 2.34 bits per heavy atom. The van der Waals surface area contributed by atoms with Crippen LogP contribution in [0.1, 0.15) is 23.1 Å². The number of hydrogen-bond acceptors (Lipinski definition) is 6. The van der Waals surface area contributed by atoms with Gasteiger partial charge < -0.3 is 30.5 Å². The Morgan fingerprint density at radius 1 is 1.12 bits per heavy atom. The molecule has 0 fully saturated rings.